The number of aliphatic hydroxyl groups is 1. The molecule has 0 aliphatic rings. The molecule has 128 valence electrons. The van der Waals surface area contributed by atoms with E-state index in [-0.39, 0.29) is 30.4 Å². The summed E-state index contributed by atoms with van der Waals surface area (Å²) in [5, 5.41) is 9.35. The molecule has 4 N–H and O–H groups in total. The van der Waals surface area contributed by atoms with Crippen LogP contribution in [0.15, 0.2) is 11.1 Å². The monoisotopic (exact) mass is 325 g/mol. The molecule has 0 fully saturated rings. The molecular weight excluding hydrogens is 302 g/mol. The number of anilines is 1. The van der Waals surface area contributed by atoms with Crippen LogP contribution in [-0.2, 0) is 16.2 Å². The van der Waals surface area contributed by atoms with E-state index in [1.807, 2.05) is 0 Å². The number of H-pyrrole nitrogens is 1. The minimum atomic E-state index is -0.476. The molecule has 0 bridgehead atoms. The van der Waals surface area contributed by atoms with Gasteiger partial charge < -0.3 is 25.3 Å². The van der Waals surface area contributed by atoms with Crippen molar-refractivity contribution in [3.8, 4) is 0 Å². The zero-order chi connectivity index (χ0) is 16.7. The lowest BCUT2D eigenvalue weighted by molar-refractivity contribution is -0.0662. The van der Waals surface area contributed by atoms with E-state index >= 15 is 0 Å². The number of rotatable bonds is 10. The first-order chi connectivity index (χ1) is 11.2. The standard InChI is InChI=1S/C14H23N5O4/c1-2-3-4-5-22-7-10(6-20)23-9-19-12-11(18-14(19)15)13(21)17-8-16-12/h8,10,20H,2-7,9H2,1H3,(H2,15,18)(H,16,17,21). The predicted molar refractivity (Wildman–Crippen MR) is 84.9 cm³/mol. The second-order valence-electron chi connectivity index (χ2n) is 5.18. The van der Waals surface area contributed by atoms with Gasteiger partial charge in [-0.25, -0.2) is 9.97 Å². The number of hydrogen-bond donors (Lipinski definition) is 3. The van der Waals surface area contributed by atoms with Gasteiger partial charge in [0.05, 0.1) is 19.5 Å². The van der Waals surface area contributed by atoms with Crippen molar-refractivity contribution >= 4 is 17.1 Å². The van der Waals surface area contributed by atoms with Gasteiger partial charge in [-0.3, -0.25) is 9.36 Å². The number of nitrogens with zero attached hydrogens (tertiary/aromatic N) is 3. The number of hydrogen-bond acceptors (Lipinski definition) is 7. The number of nitrogens with one attached hydrogen (secondary N) is 1. The average Bonchev–Trinajstić information content (AvgIpc) is 2.87. The van der Waals surface area contributed by atoms with Crippen LogP contribution in [0.25, 0.3) is 11.2 Å². The van der Waals surface area contributed by atoms with E-state index in [2.05, 4.69) is 21.9 Å². The highest BCUT2D eigenvalue weighted by molar-refractivity contribution is 5.72. The van der Waals surface area contributed by atoms with Crippen LogP contribution in [0.4, 0.5) is 5.95 Å². The van der Waals surface area contributed by atoms with Gasteiger partial charge in [-0.15, -0.1) is 0 Å². The third kappa shape index (κ3) is 4.50. The first-order valence-electron chi connectivity index (χ1n) is 7.67. The van der Waals surface area contributed by atoms with E-state index < -0.39 is 6.10 Å². The van der Waals surface area contributed by atoms with Crippen molar-refractivity contribution in [3.63, 3.8) is 0 Å². The van der Waals surface area contributed by atoms with Crippen LogP contribution in [-0.4, -0.2) is 50.6 Å². The Kier molecular flexibility index (Phi) is 6.51. The van der Waals surface area contributed by atoms with Crippen LogP contribution in [0.2, 0.25) is 0 Å². The highest BCUT2D eigenvalue weighted by Gasteiger charge is 2.14. The van der Waals surface area contributed by atoms with Crippen molar-refractivity contribution in [2.75, 3.05) is 25.6 Å². The molecule has 0 amide bonds. The number of unbranched alkanes of at least 4 members (excludes halogenated alkanes) is 2. The highest BCUT2D eigenvalue weighted by atomic mass is 16.5. The maximum atomic E-state index is 11.6. The van der Waals surface area contributed by atoms with Gasteiger partial charge in [0.15, 0.2) is 11.2 Å². The van der Waals surface area contributed by atoms with Crippen LogP contribution in [0.5, 0.6) is 0 Å². The number of aliphatic hydroxyl groups excluding tert-OH is 1. The quantitative estimate of drug-likeness (QED) is 0.534. The molecular formula is C14H23N5O4. The van der Waals surface area contributed by atoms with Gasteiger partial charge in [0.1, 0.15) is 12.8 Å². The molecule has 2 heterocycles. The molecule has 0 aliphatic carbocycles. The topological polar surface area (TPSA) is 128 Å². The van der Waals surface area contributed by atoms with Gasteiger partial charge in [0, 0.05) is 6.61 Å². The molecule has 0 saturated heterocycles. The van der Waals surface area contributed by atoms with Crippen LogP contribution >= 0.6 is 0 Å². The van der Waals surface area contributed by atoms with Crippen LogP contribution in [0.3, 0.4) is 0 Å². The van der Waals surface area contributed by atoms with Crippen molar-refractivity contribution in [1.82, 2.24) is 19.5 Å². The van der Waals surface area contributed by atoms with E-state index in [0.29, 0.717) is 18.9 Å². The Hall–Kier alpha value is -1.97. The molecule has 0 aliphatic heterocycles. The molecule has 2 aromatic heterocycles. The molecule has 0 spiro atoms. The van der Waals surface area contributed by atoms with Crippen molar-refractivity contribution < 1.29 is 14.6 Å². The van der Waals surface area contributed by atoms with E-state index in [0.717, 1.165) is 19.3 Å². The molecule has 23 heavy (non-hydrogen) atoms. The maximum Gasteiger partial charge on any atom is 0.278 e. The lowest BCUT2D eigenvalue weighted by Gasteiger charge is -2.16. The molecule has 0 radical (unpaired) electrons. The summed E-state index contributed by atoms with van der Waals surface area (Å²) in [4.78, 5) is 22.1. The second kappa shape index (κ2) is 8.61. The van der Waals surface area contributed by atoms with Crippen LogP contribution in [0.1, 0.15) is 26.2 Å². The average molecular weight is 325 g/mol. The predicted octanol–water partition coefficient (Wildman–Crippen LogP) is 0.244. The molecule has 9 heteroatoms. The summed E-state index contributed by atoms with van der Waals surface area (Å²) in [6.07, 6.45) is 4.03. The smallest absolute Gasteiger partial charge is 0.278 e. The zero-order valence-electron chi connectivity index (χ0n) is 13.2. The largest absolute Gasteiger partial charge is 0.394 e. The third-order valence-electron chi connectivity index (χ3n) is 3.41. The number of ether oxygens (including phenoxy) is 2. The first-order valence-corrected chi connectivity index (χ1v) is 7.67. The van der Waals surface area contributed by atoms with E-state index in [9.17, 15) is 9.90 Å². The second-order valence-corrected chi connectivity index (χ2v) is 5.18. The summed E-state index contributed by atoms with van der Waals surface area (Å²) in [5.74, 6) is 0.129. The SMILES string of the molecule is CCCCCOCC(CO)OCn1c(N)nc2c(=O)[nH]cnc21. The lowest BCUT2D eigenvalue weighted by Crippen LogP contribution is -2.26. The Morgan fingerprint density at radius 3 is 3.04 bits per heavy atom. The van der Waals surface area contributed by atoms with Crippen molar-refractivity contribution in [2.45, 2.75) is 39.0 Å². The molecule has 1 atom stereocenters. The summed E-state index contributed by atoms with van der Waals surface area (Å²) in [5.41, 5.74) is 5.92. The normalized spacial score (nSPS) is 12.8. The van der Waals surface area contributed by atoms with Gasteiger partial charge in [0.2, 0.25) is 5.95 Å². The summed E-state index contributed by atoms with van der Waals surface area (Å²) >= 11 is 0. The molecule has 2 rings (SSSR count). The first kappa shape index (κ1) is 17.4. The van der Waals surface area contributed by atoms with Crippen LogP contribution < -0.4 is 11.3 Å². The highest BCUT2D eigenvalue weighted by Crippen LogP contribution is 2.12. The molecule has 2 aromatic rings. The summed E-state index contributed by atoms with van der Waals surface area (Å²) < 4.78 is 12.5. The number of nitrogen functional groups attached to an aromatic ring is 1. The Labute approximate surface area is 133 Å². The summed E-state index contributed by atoms with van der Waals surface area (Å²) in [7, 11) is 0. The summed E-state index contributed by atoms with van der Waals surface area (Å²) in [6, 6.07) is 0. The number of imidazole rings is 1. The van der Waals surface area contributed by atoms with Gasteiger partial charge in [-0.2, -0.15) is 0 Å². The minimum Gasteiger partial charge on any atom is -0.394 e. The Morgan fingerprint density at radius 1 is 1.48 bits per heavy atom. The number of fused-ring (bicyclic) bond motifs is 1. The lowest BCUT2D eigenvalue weighted by atomic mass is 10.3. The fourth-order valence-corrected chi connectivity index (χ4v) is 2.09. The Morgan fingerprint density at radius 2 is 2.30 bits per heavy atom. The van der Waals surface area contributed by atoms with Gasteiger partial charge >= 0.3 is 0 Å². The van der Waals surface area contributed by atoms with Crippen molar-refractivity contribution in [2.24, 2.45) is 0 Å². The van der Waals surface area contributed by atoms with E-state index in [1.165, 1.54) is 10.9 Å². The van der Waals surface area contributed by atoms with E-state index in [1.54, 1.807) is 0 Å². The van der Waals surface area contributed by atoms with Crippen molar-refractivity contribution in [1.29, 1.82) is 0 Å². The Bertz CT molecular complexity index is 669. The Balaban J connectivity index is 1.92. The fraction of sp³-hybridized carbons (Fsp3) is 0.643. The van der Waals surface area contributed by atoms with Crippen molar-refractivity contribution in [3.05, 3.63) is 16.7 Å². The van der Waals surface area contributed by atoms with Gasteiger partial charge in [-0.05, 0) is 6.42 Å². The number of aromatic amines is 1. The fourth-order valence-electron chi connectivity index (χ4n) is 2.09. The van der Waals surface area contributed by atoms with Gasteiger partial charge in [-0.1, -0.05) is 19.8 Å². The number of nitrogens with two attached hydrogens (primary N) is 1. The zero-order valence-corrected chi connectivity index (χ0v) is 13.2. The number of aromatic nitrogens is 4. The van der Waals surface area contributed by atoms with Gasteiger partial charge in [0.25, 0.3) is 5.56 Å². The maximum absolute atomic E-state index is 11.6. The van der Waals surface area contributed by atoms with E-state index in [4.69, 9.17) is 15.2 Å². The molecule has 0 aromatic carbocycles. The molecule has 0 saturated carbocycles. The minimum absolute atomic E-state index is 0.0301. The summed E-state index contributed by atoms with van der Waals surface area (Å²) in [6.45, 7) is 2.91. The van der Waals surface area contributed by atoms with Crippen LogP contribution in [0, 0.1) is 0 Å². The molecule has 9 nitrogen and oxygen atoms in total. The third-order valence-corrected chi connectivity index (χ3v) is 3.41. The molecule has 1 unspecified atom stereocenters.